The lowest BCUT2D eigenvalue weighted by Crippen LogP contribution is -2.47. The Morgan fingerprint density at radius 1 is 1.33 bits per heavy atom. The summed E-state index contributed by atoms with van der Waals surface area (Å²) in [4.78, 5) is 5.42. The Hall–Kier alpha value is -1.23. The molecule has 0 saturated carbocycles. The maximum absolute atomic E-state index is 12.4. The third-order valence-corrected chi connectivity index (χ3v) is 4.15. The average Bonchev–Trinajstić information content (AvgIpc) is 2.51. The number of halogens is 4. The average molecular weight is 500 g/mol. The predicted molar refractivity (Wildman–Crippen MR) is 112 cm³/mol. The molecule has 0 amide bonds. The molecule has 1 aliphatic rings. The molecule has 1 atom stereocenters. The number of rotatable bonds is 5. The van der Waals surface area contributed by atoms with Crippen LogP contribution in [0.5, 0.6) is 5.75 Å². The first kappa shape index (κ1) is 23.8. The van der Waals surface area contributed by atoms with Gasteiger partial charge < -0.3 is 15.4 Å². The summed E-state index contributed by atoms with van der Waals surface area (Å²) in [5.41, 5.74) is 0.724. The normalized spacial score (nSPS) is 19.0. The highest BCUT2D eigenvalue weighted by molar-refractivity contribution is 14.0. The minimum Gasteiger partial charge on any atom is -0.487 e. The lowest BCUT2D eigenvalue weighted by Gasteiger charge is -2.38. The third kappa shape index (κ3) is 7.73. The number of para-hydroxylation sites is 1. The Morgan fingerprint density at radius 3 is 2.63 bits per heavy atom. The Labute approximate surface area is 175 Å². The Kier molecular flexibility index (Phi) is 8.65. The van der Waals surface area contributed by atoms with Crippen LogP contribution in [0.3, 0.4) is 0 Å². The van der Waals surface area contributed by atoms with E-state index in [1.165, 1.54) is 11.9 Å². The predicted octanol–water partition coefficient (Wildman–Crippen LogP) is 3.57. The topological polar surface area (TPSA) is 48.9 Å². The summed E-state index contributed by atoms with van der Waals surface area (Å²) in [5, 5.41) is 6.44. The van der Waals surface area contributed by atoms with Crippen molar-refractivity contribution in [3.05, 3.63) is 29.8 Å². The van der Waals surface area contributed by atoms with Crippen LogP contribution in [0, 0.1) is 0 Å². The summed E-state index contributed by atoms with van der Waals surface area (Å²) >= 11 is 0. The van der Waals surface area contributed by atoms with Crippen LogP contribution in [0.4, 0.5) is 13.2 Å². The number of hydrogen-bond acceptors (Lipinski definition) is 3. The molecule has 0 aromatic heterocycles. The van der Waals surface area contributed by atoms with Gasteiger partial charge in [-0.2, -0.15) is 13.2 Å². The molecular weight excluding hydrogens is 472 g/mol. The third-order valence-electron chi connectivity index (χ3n) is 4.15. The van der Waals surface area contributed by atoms with E-state index in [-0.39, 0.29) is 42.2 Å². The van der Waals surface area contributed by atoms with E-state index in [9.17, 15) is 13.2 Å². The van der Waals surface area contributed by atoms with Crippen LogP contribution >= 0.6 is 24.0 Å². The second-order valence-corrected chi connectivity index (χ2v) is 7.15. The van der Waals surface area contributed by atoms with Crippen molar-refractivity contribution < 1.29 is 17.9 Å². The molecule has 1 aromatic carbocycles. The summed E-state index contributed by atoms with van der Waals surface area (Å²) in [6, 6.07) is 7.84. The SMILES string of the molecule is CN=C(NCCN(C)CC(F)(F)F)NC1CC(C)(C)Oc2ccccc21.I. The van der Waals surface area contributed by atoms with E-state index in [0.717, 1.165) is 17.7 Å². The maximum atomic E-state index is 12.4. The van der Waals surface area contributed by atoms with Crippen molar-refractivity contribution in [2.45, 2.75) is 38.1 Å². The van der Waals surface area contributed by atoms with E-state index in [2.05, 4.69) is 15.6 Å². The minimum atomic E-state index is -4.19. The van der Waals surface area contributed by atoms with E-state index in [1.54, 1.807) is 7.05 Å². The number of likely N-dealkylation sites (N-methyl/N-ethyl adjacent to an activating group) is 1. The molecule has 1 unspecified atom stereocenters. The van der Waals surface area contributed by atoms with Crippen LogP contribution in [0.25, 0.3) is 0 Å². The van der Waals surface area contributed by atoms with E-state index in [1.807, 2.05) is 38.1 Å². The molecule has 0 aliphatic carbocycles. The van der Waals surface area contributed by atoms with Gasteiger partial charge in [0.15, 0.2) is 5.96 Å². The van der Waals surface area contributed by atoms with Crippen LogP contribution in [0.2, 0.25) is 0 Å². The number of guanidine groups is 1. The molecule has 0 fully saturated rings. The number of ether oxygens (including phenoxy) is 1. The highest BCUT2D eigenvalue weighted by atomic mass is 127. The van der Waals surface area contributed by atoms with Gasteiger partial charge in [-0.25, -0.2) is 0 Å². The molecule has 2 rings (SSSR count). The van der Waals surface area contributed by atoms with Gasteiger partial charge in [-0.05, 0) is 27.0 Å². The van der Waals surface area contributed by atoms with Crippen molar-refractivity contribution in [3.8, 4) is 5.75 Å². The van der Waals surface area contributed by atoms with Crippen molar-refractivity contribution in [1.29, 1.82) is 0 Å². The fourth-order valence-corrected chi connectivity index (χ4v) is 3.04. The van der Waals surface area contributed by atoms with Gasteiger partial charge >= 0.3 is 6.18 Å². The molecule has 0 bridgehead atoms. The highest BCUT2D eigenvalue weighted by Gasteiger charge is 2.34. The van der Waals surface area contributed by atoms with Crippen LogP contribution in [0.15, 0.2) is 29.3 Å². The van der Waals surface area contributed by atoms with Gasteiger partial charge in [0.1, 0.15) is 11.4 Å². The van der Waals surface area contributed by atoms with Gasteiger partial charge in [-0.1, -0.05) is 18.2 Å². The van der Waals surface area contributed by atoms with Gasteiger partial charge in [-0.15, -0.1) is 24.0 Å². The summed E-state index contributed by atoms with van der Waals surface area (Å²) in [6.45, 7) is 3.75. The second-order valence-electron chi connectivity index (χ2n) is 7.15. The zero-order chi connectivity index (χ0) is 19.4. The van der Waals surface area contributed by atoms with E-state index in [0.29, 0.717) is 12.5 Å². The largest absolute Gasteiger partial charge is 0.487 e. The zero-order valence-electron chi connectivity index (χ0n) is 16.1. The van der Waals surface area contributed by atoms with Crippen molar-refractivity contribution >= 4 is 29.9 Å². The number of aliphatic imine (C=N–C) groups is 1. The Bertz CT molecular complexity index is 637. The molecule has 1 aromatic rings. The van der Waals surface area contributed by atoms with Gasteiger partial charge in [0.2, 0.25) is 0 Å². The number of alkyl halides is 3. The first-order chi connectivity index (χ1) is 12.1. The van der Waals surface area contributed by atoms with Crippen molar-refractivity contribution in [1.82, 2.24) is 15.5 Å². The number of benzene rings is 1. The second kappa shape index (κ2) is 9.81. The molecular formula is C18H28F3IN4O. The molecule has 154 valence electrons. The molecule has 0 saturated heterocycles. The van der Waals surface area contributed by atoms with E-state index < -0.39 is 12.7 Å². The lowest BCUT2D eigenvalue weighted by molar-refractivity contribution is -0.142. The van der Waals surface area contributed by atoms with Gasteiger partial charge in [0.05, 0.1) is 12.6 Å². The number of fused-ring (bicyclic) bond motifs is 1. The molecule has 0 spiro atoms. The smallest absolute Gasteiger partial charge is 0.401 e. The molecule has 0 radical (unpaired) electrons. The molecule has 5 nitrogen and oxygen atoms in total. The summed E-state index contributed by atoms with van der Waals surface area (Å²) in [5.74, 6) is 1.39. The summed E-state index contributed by atoms with van der Waals surface area (Å²) in [7, 11) is 3.09. The quantitative estimate of drug-likeness (QED) is 0.369. The standard InChI is InChI=1S/C18H27F3N4O.HI/c1-17(2)11-14(13-7-5-6-8-15(13)26-17)24-16(22-3)23-9-10-25(4)12-18(19,20)21;/h5-8,14H,9-12H2,1-4H3,(H2,22,23,24);1H. The molecule has 27 heavy (non-hydrogen) atoms. The van der Waals surface area contributed by atoms with E-state index >= 15 is 0 Å². The van der Waals surface area contributed by atoms with Gasteiger partial charge in [-0.3, -0.25) is 9.89 Å². The van der Waals surface area contributed by atoms with E-state index in [4.69, 9.17) is 4.74 Å². The first-order valence-electron chi connectivity index (χ1n) is 8.60. The number of nitrogens with one attached hydrogen (secondary N) is 2. The van der Waals surface area contributed by atoms with Gasteiger partial charge in [0.25, 0.3) is 0 Å². The highest BCUT2D eigenvalue weighted by Crippen LogP contribution is 2.39. The lowest BCUT2D eigenvalue weighted by atomic mass is 9.90. The van der Waals surface area contributed by atoms with Crippen molar-refractivity contribution in [3.63, 3.8) is 0 Å². The Morgan fingerprint density at radius 2 is 2.00 bits per heavy atom. The summed E-state index contributed by atoms with van der Waals surface area (Å²) in [6.07, 6.45) is -3.44. The maximum Gasteiger partial charge on any atom is 0.401 e. The van der Waals surface area contributed by atoms with Crippen LogP contribution in [-0.4, -0.2) is 56.4 Å². The molecule has 1 heterocycles. The Balaban J connectivity index is 0.00000364. The number of hydrogen-bond donors (Lipinski definition) is 2. The fourth-order valence-electron chi connectivity index (χ4n) is 3.04. The first-order valence-corrected chi connectivity index (χ1v) is 8.60. The van der Waals surface area contributed by atoms with Crippen LogP contribution in [-0.2, 0) is 0 Å². The van der Waals surface area contributed by atoms with Gasteiger partial charge in [0, 0.05) is 32.1 Å². The monoisotopic (exact) mass is 500 g/mol. The fraction of sp³-hybridized carbons (Fsp3) is 0.611. The molecule has 1 aliphatic heterocycles. The molecule has 9 heteroatoms. The van der Waals surface area contributed by atoms with Crippen molar-refractivity contribution in [2.24, 2.45) is 4.99 Å². The minimum absolute atomic E-state index is 0. The van der Waals surface area contributed by atoms with Crippen LogP contribution in [0.1, 0.15) is 31.9 Å². The zero-order valence-corrected chi connectivity index (χ0v) is 18.4. The van der Waals surface area contributed by atoms with Crippen LogP contribution < -0.4 is 15.4 Å². The number of nitrogens with zero attached hydrogens (tertiary/aromatic N) is 2. The molecule has 2 N–H and O–H groups in total. The summed E-state index contributed by atoms with van der Waals surface area (Å²) < 4.78 is 43.1. The van der Waals surface area contributed by atoms with Crippen molar-refractivity contribution in [2.75, 3.05) is 33.7 Å².